The number of hydrogen-bond donors (Lipinski definition) is 2. The van der Waals surface area contributed by atoms with E-state index in [4.69, 9.17) is 21.4 Å². The van der Waals surface area contributed by atoms with E-state index in [1.807, 2.05) is 38.1 Å². The number of anilines is 1. The number of aliphatic hydroxyl groups excluding tert-OH is 2. The molecule has 1 aliphatic heterocycles. The SMILES string of the molecule is CCC/N=C1/S/C(=C/c2ccc(OCC(O)CO)c(Cl)c2)C(=O)N1c1ccccc1C. The molecule has 31 heavy (non-hydrogen) atoms. The second kappa shape index (κ2) is 10.8. The lowest BCUT2D eigenvalue weighted by Gasteiger charge is -2.18. The molecule has 1 aliphatic rings. The van der Waals surface area contributed by atoms with Crippen LogP contribution in [0.5, 0.6) is 5.75 Å². The second-order valence-electron chi connectivity index (χ2n) is 7.04. The van der Waals surface area contributed by atoms with E-state index in [0.29, 0.717) is 27.4 Å². The highest BCUT2D eigenvalue weighted by Crippen LogP contribution is 2.38. The monoisotopic (exact) mass is 460 g/mol. The number of aliphatic hydroxyl groups is 2. The molecule has 8 heteroatoms. The molecule has 6 nitrogen and oxygen atoms in total. The third-order valence-corrected chi connectivity index (χ3v) is 5.83. The lowest BCUT2D eigenvalue weighted by Crippen LogP contribution is -2.29. The van der Waals surface area contributed by atoms with Gasteiger partial charge in [-0.3, -0.25) is 14.7 Å². The van der Waals surface area contributed by atoms with Gasteiger partial charge in [-0.2, -0.15) is 0 Å². The molecule has 1 heterocycles. The van der Waals surface area contributed by atoms with Crippen LogP contribution in [0.2, 0.25) is 5.02 Å². The summed E-state index contributed by atoms with van der Waals surface area (Å²) < 4.78 is 5.42. The van der Waals surface area contributed by atoms with Gasteiger partial charge in [-0.05, 0) is 60.5 Å². The Morgan fingerprint density at radius 1 is 1.29 bits per heavy atom. The van der Waals surface area contributed by atoms with Crippen LogP contribution in [0.4, 0.5) is 5.69 Å². The first-order valence-corrected chi connectivity index (χ1v) is 11.2. The van der Waals surface area contributed by atoms with Crippen molar-refractivity contribution in [1.82, 2.24) is 0 Å². The van der Waals surface area contributed by atoms with Gasteiger partial charge < -0.3 is 14.9 Å². The molecule has 0 radical (unpaired) electrons. The number of nitrogens with zero attached hydrogens (tertiary/aromatic N) is 2. The van der Waals surface area contributed by atoms with E-state index >= 15 is 0 Å². The Morgan fingerprint density at radius 2 is 2.06 bits per heavy atom. The molecule has 1 atom stereocenters. The summed E-state index contributed by atoms with van der Waals surface area (Å²) in [5.41, 5.74) is 2.57. The predicted molar refractivity (Wildman–Crippen MR) is 127 cm³/mol. The first-order chi connectivity index (χ1) is 14.9. The average molecular weight is 461 g/mol. The normalized spacial score (nSPS) is 17.6. The van der Waals surface area contributed by atoms with Crippen LogP contribution in [-0.4, -0.2) is 47.2 Å². The molecule has 0 spiro atoms. The van der Waals surface area contributed by atoms with Crippen LogP contribution in [0.1, 0.15) is 24.5 Å². The van der Waals surface area contributed by atoms with Crippen LogP contribution in [0.3, 0.4) is 0 Å². The number of para-hydroxylation sites is 1. The highest BCUT2D eigenvalue weighted by molar-refractivity contribution is 8.19. The summed E-state index contributed by atoms with van der Waals surface area (Å²) in [6.07, 6.45) is 1.70. The Labute approximate surface area is 191 Å². The van der Waals surface area contributed by atoms with Gasteiger partial charge in [0, 0.05) is 6.54 Å². The van der Waals surface area contributed by atoms with E-state index in [1.54, 1.807) is 29.2 Å². The molecule has 2 N–H and O–H groups in total. The van der Waals surface area contributed by atoms with Crippen LogP contribution in [0.15, 0.2) is 52.4 Å². The van der Waals surface area contributed by atoms with E-state index in [2.05, 4.69) is 4.99 Å². The largest absolute Gasteiger partial charge is 0.489 e. The van der Waals surface area contributed by atoms with Gasteiger partial charge in [-0.15, -0.1) is 0 Å². The number of aryl methyl sites for hydroxylation is 1. The van der Waals surface area contributed by atoms with Gasteiger partial charge in [-0.25, -0.2) is 0 Å². The third kappa shape index (κ3) is 5.68. The van der Waals surface area contributed by atoms with E-state index in [9.17, 15) is 9.90 Å². The fourth-order valence-corrected chi connectivity index (χ4v) is 4.17. The number of thioether (sulfide) groups is 1. The summed E-state index contributed by atoms with van der Waals surface area (Å²) in [5.74, 6) is 0.269. The zero-order valence-electron chi connectivity index (χ0n) is 17.4. The van der Waals surface area contributed by atoms with Crippen LogP contribution < -0.4 is 9.64 Å². The molecule has 0 bridgehead atoms. The molecule has 2 aromatic rings. The summed E-state index contributed by atoms with van der Waals surface area (Å²) >= 11 is 7.64. The zero-order chi connectivity index (χ0) is 22.4. The molecular weight excluding hydrogens is 436 g/mol. The number of carbonyl (C=O) groups excluding carboxylic acids is 1. The molecule has 0 aromatic heterocycles. The third-order valence-electron chi connectivity index (χ3n) is 4.53. The van der Waals surface area contributed by atoms with Gasteiger partial charge >= 0.3 is 0 Å². The Bertz CT molecular complexity index is 1010. The van der Waals surface area contributed by atoms with Crippen LogP contribution in [0, 0.1) is 6.92 Å². The minimum absolute atomic E-state index is 0.0619. The standard InChI is InChI=1S/C23H25ClN2O4S/c1-3-10-25-23-26(19-7-5-4-6-15(19)2)22(29)21(31-23)12-16-8-9-20(18(24)11-16)30-14-17(28)13-27/h4-9,11-12,17,27-28H,3,10,13-14H2,1-2H3/b21-12+,25-23+. The number of amidine groups is 1. The van der Waals surface area contributed by atoms with Gasteiger partial charge in [-0.1, -0.05) is 42.8 Å². The van der Waals surface area contributed by atoms with Crippen molar-refractivity contribution in [1.29, 1.82) is 0 Å². The van der Waals surface area contributed by atoms with Gasteiger partial charge in [0.25, 0.3) is 5.91 Å². The number of amides is 1. The summed E-state index contributed by atoms with van der Waals surface area (Å²) in [5, 5.41) is 19.3. The fourth-order valence-electron chi connectivity index (χ4n) is 2.93. The molecule has 1 unspecified atom stereocenters. The number of rotatable bonds is 8. The fraction of sp³-hybridized carbons (Fsp3) is 0.304. The Kier molecular flexibility index (Phi) is 8.15. The molecule has 1 amide bonds. The Hall–Kier alpha value is -2.32. The summed E-state index contributed by atoms with van der Waals surface area (Å²) in [6.45, 7) is 4.21. The molecule has 3 rings (SSSR count). The highest BCUT2D eigenvalue weighted by Gasteiger charge is 2.35. The van der Waals surface area contributed by atoms with Gasteiger partial charge in [0.2, 0.25) is 0 Å². The maximum Gasteiger partial charge on any atom is 0.271 e. The minimum atomic E-state index is -0.973. The van der Waals surface area contributed by atoms with Crippen molar-refractivity contribution in [3.8, 4) is 5.75 Å². The molecule has 0 saturated carbocycles. The van der Waals surface area contributed by atoms with Crippen molar-refractivity contribution < 1.29 is 19.7 Å². The van der Waals surface area contributed by atoms with Crippen molar-refractivity contribution in [2.24, 2.45) is 4.99 Å². The van der Waals surface area contributed by atoms with Crippen molar-refractivity contribution >= 4 is 46.2 Å². The molecule has 1 fully saturated rings. The number of carbonyl (C=O) groups is 1. The highest BCUT2D eigenvalue weighted by atomic mass is 35.5. The van der Waals surface area contributed by atoms with Gasteiger partial charge in [0.05, 0.1) is 22.2 Å². The summed E-state index contributed by atoms with van der Waals surface area (Å²) in [4.78, 5) is 20.1. The number of ether oxygens (including phenoxy) is 1. The molecule has 1 saturated heterocycles. The minimum Gasteiger partial charge on any atom is -0.489 e. The van der Waals surface area contributed by atoms with E-state index in [0.717, 1.165) is 23.2 Å². The average Bonchev–Trinajstić information content (AvgIpc) is 3.06. The Morgan fingerprint density at radius 3 is 2.74 bits per heavy atom. The first kappa shape index (κ1) is 23.3. The predicted octanol–water partition coefficient (Wildman–Crippen LogP) is 4.27. The lowest BCUT2D eigenvalue weighted by atomic mass is 10.1. The smallest absolute Gasteiger partial charge is 0.271 e. The zero-order valence-corrected chi connectivity index (χ0v) is 19.0. The topological polar surface area (TPSA) is 82.4 Å². The second-order valence-corrected chi connectivity index (χ2v) is 8.46. The Balaban J connectivity index is 1.88. The van der Waals surface area contributed by atoms with Gasteiger partial charge in [0.15, 0.2) is 5.17 Å². The van der Waals surface area contributed by atoms with E-state index in [1.165, 1.54) is 11.8 Å². The van der Waals surface area contributed by atoms with Crippen LogP contribution in [0.25, 0.3) is 6.08 Å². The number of aliphatic imine (C=N–C) groups is 1. The quantitative estimate of drug-likeness (QED) is 0.575. The van der Waals surface area contributed by atoms with E-state index < -0.39 is 6.10 Å². The van der Waals surface area contributed by atoms with Crippen molar-refractivity contribution in [3.63, 3.8) is 0 Å². The molecule has 164 valence electrons. The summed E-state index contributed by atoms with van der Waals surface area (Å²) in [7, 11) is 0. The molecular formula is C23H25ClN2O4S. The van der Waals surface area contributed by atoms with Crippen molar-refractivity contribution in [2.45, 2.75) is 26.4 Å². The van der Waals surface area contributed by atoms with Crippen LogP contribution in [-0.2, 0) is 4.79 Å². The van der Waals surface area contributed by atoms with Gasteiger partial charge in [0.1, 0.15) is 18.5 Å². The van der Waals surface area contributed by atoms with Crippen molar-refractivity contribution in [3.05, 3.63) is 63.5 Å². The number of hydrogen-bond acceptors (Lipinski definition) is 6. The number of benzene rings is 2. The number of halogens is 1. The van der Waals surface area contributed by atoms with E-state index in [-0.39, 0.29) is 19.1 Å². The lowest BCUT2D eigenvalue weighted by molar-refractivity contribution is -0.113. The summed E-state index contributed by atoms with van der Waals surface area (Å²) in [6, 6.07) is 12.9. The maximum absolute atomic E-state index is 13.2. The molecule has 0 aliphatic carbocycles. The van der Waals surface area contributed by atoms with Crippen molar-refractivity contribution in [2.75, 3.05) is 24.7 Å². The van der Waals surface area contributed by atoms with Crippen LogP contribution >= 0.6 is 23.4 Å². The molecule has 2 aromatic carbocycles. The first-order valence-electron chi connectivity index (χ1n) is 10.00. The maximum atomic E-state index is 13.2.